The van der Waals surface area contributed by atoms with Crippen molar-refractivity contribution in [2.75, 3.05) is 46.9 Å². The van der Waals surface area contributed by atoms with Gasteiger partial charge >= 0.3 is 0 Å². The second kappa shape index (κ2) is 16.4. The van der Waals surface area contributed by atoms with Crippen LogP contribution in [0.3, 0.4) is 0 Å². The van der Waals surface area contributed by atoms with Crippen LogP contribution in [-0.2, 0) is 32.0 Å². The lowest BCUT2D eigenvalue weighted by atomic mass is 10.1. The zero-order chi connectivity index (χ0) is 31.4. The molecule has 0 unspecified atom stereocenters. The minimum absolute atomic E-state index is 0.0232. The summed E-state index contributed by atoms with van der Waals surface area (Å²) in [5, 5.41) is 5.50. The molecule has 0 saturated heterocycles. The summed E-state index contributed by atoms with van der Waals surface area (Å²) in [5.74, 6) is -1.79. The topological polar surface area (TPSA) is 117 Å². The standard InChI is InChI=1S/C31H40F2N4O6/c1-21-31(41)36(2)14-4-5-15-37(30(40)19-23-18-24(32)9-10-25(23)33)16-6-13-34-28(38)12-8-22-7-11-26(42-3)27(17-22)43-20-29(39)35-21/h7,9-11,17-18,21H,4-6,8,12-16,19-20H2,1-3H3,(H,34,38)(H,35,39)/t21-/m0/s1. The number of benzene rings is 2. The highest BCUT2D eigenvalue weighted by Crippen LogP contribution is 2.28. The molecule has 3 rings (SSSR count). The van der Waals surface area contributed by atoms with Crippen LogP contribution < -0.4 is 20.1 Å². The van der Waals surface area contributed by atoms with E-state index in [1.165, 1.54) is 12.0 Å². The van der Waals surface area contributed by atoms with Crippen LogP contribution in [0, 0.1) is 11.6 Å². The Kier molecular flexibility index (Phi) is 12.7. The van der Waals surface area contributed by atoms with Crippen LogP contribution in [0.15, 0.2) is 36.4 Å². The Hall–Kier alpha value is -4.22. The van der Waals surface area contributed by atoms with Gasteiger partial charge in [-0.1, -0.05) is 6.07 Å². The average Bonchev–Trinajstić information content (AvgIpc) is 2.98. The van der Waals surface area contributed by atoms with Gasteiger partial charge in [0.1, 0.15) is 17.7 Å². The van der Waals surface area contributed by atoms with Gasteiger partial charge in [-0.25, -0.2) is 8.78 Å². The van der Waals surface area contributed by atoms with Crippen LogP contribution in [0.4, 0.5) is 8.78 Å². The molecule has 1 atom stereocenters. The molecule has 1 aliphatic heterocycles. The molecule has 0 fully saturated rings. The Labute approximate surface area is 250 Å². The number of fused-ring (bicyclic) bond motifs is 2. The minimum Gasteiger partial charge on any atom is -0.493 e. The summed E-state index contributed by atoms with van der Waals surface area (Å²) in [4.78, 5) is 54.0. The number of carbonyl (C=O) groups is 4. The van der Waals surface area contributed by atoms with Gasteiger partial charge in [-0.3, -0.25) is 19.2 Å². The van der Waals surface area contributed by atoms with E-state index in [1.54, 1.807) is 37.1 Å². The third-order valence-electron chi connectivity index (χ3n) is 7.15. The van der Waals surface area contributed by atoms with E-state index in [4.69, 9.17) is 9.47 Å². The summed E-state index contributed by atoms with van der Waals surface area (Å²) < 4.78 is 38.9. The van der Waals surface area contributed by atoms with Crippen molar-refractivity contribution in [2.45, 2.75) is 51.5 Å². The third-order valence-corrected chi connectivity index (χ3v) is 7.15. The molecule has 4 amide bonds. The first-order valence-electron chi connectivity index (χ1n) is 14.4. The van der Waals surface area contributed by atoms with E-state index in [0.717, 1.165) is 23.8 Å². The zero-order valence-electron chi connectivity index (χ0n) is 24.9. The predicted octanol–water partition coefficient (Wildman–Crippen LogP) is 2.62. The van der Waals surface area contributed by atoms with Crippen LogP contribution in [0.5, 0.6) is 11.5 Å². The Morgan fingerprint density at radius 2 is 1.74 bits per heavy atom. The maximum atomic E-state index is 14.2. The molecule has 0 radical (unpaired) electrons. The van der Waals surface area contributed by atoms with Gasteiger partial charge in [0.2, 0.25) is 17.7 Å². The number of nitrogens with zero attached hydrogens (tertiary/aromatic N) is 2. The number of rotatable bonds is 3. The van der Waals surface area contributed by atoms with Crippen molar-refractivity contribution in [2.24, 2.45) is 0 Å². The number of halogens is 2. The van der Waals surface area contributed by atoms with Crippen molar-refractivity contribution in [3.8, 4) is 11.5 Å². The molecule has 0 aromatic heterocycles. The molecule has 1 heterocycles. The second-order valence-corrected chi connectivity index (χ2v) is 10.5. The minimum atomic E-state index is -0.787. The Balaban J connectivity index is 1.71. The van der Waals surface area contributed by atoms with Gasteiger partial charge in [0, 0.05) is 45.2 Å². The molecule has 0 aliphatic carbocycles. The lowest BCUT2D eigenvalue weighted by Crippen LogP contribution is -2.47. The number of hydrogen-bond donors (Lipinski definition) is 2. The van der Waals surface area contributed by atoms with Crippen molar-refractivity contribution in [3.63, 3.8) is 0 Å². The fourth-order valence-electron chi connectivity index (χ4n) is 4.73. The number of carbonyl (C=O) groups excluding carboxylic acids is 4. The molecular formula is C31H40F2N4O6. The maximum Gasteiger partial charge on any atom is 0.258 e. The van der Waals surface area contributed by atoms with E-state index in [-0.39, 0.29) is 42.7 Å². The first-order valence-corrected chi connectivity index (χ1v) is 14.4. The SMILES string of the molecule is COc1ccc2cc1OCC(=O)N[C@@H](C)C(=O)N(C)CCCCN(C(=O)Cc1cc(F)ccc1F)CCCNC(=O)CC2. The van der Waals surface area contributed by atoms with E-state index in [0.29, 0.717) is 63.4 Å². The number of likely N-dealkylation sites (N-methyl/N-ethyl adjacent to an activating group) is 1. The smallest absolute Gasteiger partial charge is 0.258 e. The van der Waals surface area contributed by atoms with Crippen LogP contribution >= 0.6 is 0 Å². The van der Waals surface area contributed by atoms with Gasteiger partial charge in [-0.2, -0.15) is 0 Å². The van der Waals surface area contributed by atoms with Crippen molar-refractivity contribution in [1.29, 1.82) is 0 Å². The normalized spacial score (nSPS) is 18.4. The number of nitrogens with one attached hydrogen (secondary N) is 2. The first-order chi connectivity index (χ1) is 20.6. The molecule has 2 N–H and O–H groups in total. The summed E-state index contributed by atoms with van der Waals surface area (Å²) in [7, 11) is 3.12. The number of aryl methyl sites for hydroxylation is 1. The Morgan fingerprint density at radius 1 is 1.00 bits per heavy atom. The molecule has 2 bridgehead atoms. The molecule has 0 spiro atoms. The fraction of sp³-hybridized carbons (Fsp3) is 0.484. The molecule has 1 aliphatic rings. The van der Waals surface area contributed by atoms with Gasteiger partial charge in [0.25, 0.3) is 5.91 Å². The molecule has 2 aromatic rings. The number of amides is 4. The summed E-state index contributed by atoms with van der Waals surface area (Å²) in [6, 6.07) is 7.44. The van der Waals surface area contributed by atoms with Gasteiger partial charge in [-0.05, 0) is 68.5 Å². The molecule has 2 aromatic carbocycles. The number of hydrogen-bond acceptors (Lipinski definition) is 6. The van der Waals surface area contributed by atoms with Crippen molar-refractivity contribution in [1.82, 2.24) is 20.4 Å². The number of ether oxygens (including phenoxy) is 2. The molecular weight excluding hydrogens is 562 g/mol. The van der Waals surface area contributed by atoms with E-state index < -0.39 is 23.6 Å². The summed E-state index contributed by atoms with van der Waals surface area (Å²) in [5.41, 5.74) is 0.782. The Morgan fingerprint density at radius 3 is 2.51 bits per heavy atom. The lowest BCUT2D eigenvalue weighted by Gasteiger charge is -2.25. The average molecular weight is 603 g/mol. The quantitative estimate of drug-likeness (QED) is 0.558. The van der Waals surface area contributed by atoms with Crippen molar-refractivity contribution in [3.05, 3.63) is 59.2 Å². The van der Waals surface area contributed by atoms with E-state index in [9.17, 15) is 28.0 Å². The number of methoxy groups -OCH3 is 1. The van der Waals surface area contributed by atoms with Gasteiger partial charge in [-0.15, -0.1) is 0 Å². The zero-order valence-corrected chi connectivity index (χ0v) is 24.9. The highest BCUT2D eigenvalue weighted by molar-refractivity contribution is 5.87. The second-order valence-electron chi connectivity index (χ2n) is 10.5. The highest BCUT2D eigenvalue weighted by atomic mass is 19.1. The molecule has 12 heteroatoms. The van der Waals surface area contributed by atoms with E-state index in [1.807, 2.05) is 0 Å². The fourth-order valence-corrected chi connectivity index (χ4v) is 4.73. The van der Waals surface area contributed by atoms with Gasteiger partial charge in [0.05, 0.1) is 13.5 Å². The van der Waals surface area contributed by atoms with E-state index >= 15 is 0 Å². The summed E-state index contributed by atoms with van der Waals surface area (Å²) in [6.07, 6.45) is 1.92. The lowest BCUT2D eigenvalue weighted by molar-refractivity contribution is -0.135. The van der Waals surface area contributed by atoms with Crippen LogP contribution in [-0.4, -0.2) is 86.4 Å². The molecule has 10 nitrogen and oxygen atoms in total. The molecule has 43 heavy (non-hydrogen) atoms. The molecule has 0 saturated carbocycles. The van der Waals surface area contributed by atoms with Crippen molar-refractivity contribution >= 4 is 23.6 Å². The summed E-state index contributed by atoms with van der Waals surface area (Å²) in [6.45, 7) is 2.63. The van der Waals surface area contributed by atoms with Crippen LogP contribution in [0.1, 0.15) is 43.7 Å². The van der Waals surface area contributed by atoms with Gasteiger partial charge < -0.3 is 29.9 Å². The first kappa shape index (κ1) is 33.3. The van der Waals surface area contributed by atoms with Gasteiger partial charge in [0.15, 0.2) is 18.1 Å². The summed E-state index contributed by atoms with van der Waals surface area (Å²) >= 11 is 0. The van der Waals surface area contributed by atoms with Crippen molar-refractivity contribution < 1.29 is 37.4 Å². The Bertz CT molecular complexity index is 1290. The third kappa shape index (κ3) is 10.5. The maximum absolute atomic E-state index is 14.2. The highest BCUT2D eigenvalue weighted by Gasteiger charge is 2.21. The van der Waals surface area contributed by atoms with Crippen LogP contribution in [0.2, 0.25) is 0 Å². The molecule has 234 valence electrons. The monoisotopic (exact) mass is 602 g/mol. The van der Waals surface area contributed by atoms with E-state index in [2.05, 4.69) is 10.6 Å². The van der Waals surface area contributed by atoms with Crippen LogP contribution in [0.25, 0.3) is 0 Å². The largest absolute Gasteiger partial charge is 0.493 e. The predicted molar refractivity (Wildman–Crippen MR) is 156 cm³/mol.